The van der Waals surface area contributed by atoms with Gasteiger partial charge in [0.2, 0.25) is 0 Å². The van der Waals surface area contributed by atoms with Crippen LogP contribution in [0.5, 0.6) is 11.5 Å². The van der Waals surface area contributed by atoms with Gasteiger partial charge in [-0.05, 0) is 35.9 Å². The molecule has 27 heavy (non-hydrogen) atoms. The fourth-order valence-corrected chi connectivity index (χ4v) is 2.61. The molecule has 0 spiro atoms. The Balaban J connectivity index is 1.94. The van der Waals surface area contributed by atoms with Crippen molar-refractivity contribution in [2.75, 3.05) is 21.3 Å². The second-order valence-corrected chi connectivity index (χ2v) is 5.68. The number of fused-ring (bicyclic) bond motifs is 1. The van der Waals surface area contributed by atoms with Gasteiger partial charge in [-0.15, -0.1) is 0 Å². The Morgan fingerprint density at radius 2 is 1.59 bits per heavy atom. The molecule has 0 unspecified atom stereocenters. The van der Waals surface area contributed by atoms with E-state index in [2.05, 4.69) is 4.74 Å². The van der Waals surface area contributed by atoms with E-state index in [9.17, 15) is 9.59 Å². The summed E-state index contributed by atoms with van der Waals surface area (Å²) in [5.74, 6) is 0.638. The molecular formula is C21H18O6. The van der Waals surface area contributed by atoms with Crippen molar-refractivity contribution in [1.82, 2.24) is 0 Å². The largest absolute Gasteiger partial charge is 0.493 e. The van der Waals surface area contributed by atoms with Crippen molar-refractivity contribution < 1.29 is 23.4 Å². The summed E-state index contributed by atoms with van der Waals surface area (Å²) in [7, 11) is 4.39. The number of hydrogen-bond acceptors (Lipinski definition) is 6. The molecule has 0 saturated carbocycles. The second-order valence-electron chi connectivity index (χ2n) is 5.68. The number of carbonyl (C=O) groups is 1. The molecule has 6 nitrogen and oxygen atoms in total. The molecule has 0 aliphatic carbocycles. The van der Waals surface area contributed by atoms with Crippen LogP contribution >= 0.6 is 0 Å². The smallest absolute Gasteiger partial charge is 0.343 e. The molecule has 3 rings (SSSR count). The molecule has 6 heteroatoms. The fraction of sp³-hybridized carbons (Fsp3) is 0.143. The Bertz CT molecular complexity index is 1060. The van der Waals surface area contributed by atoms with E-state index in [0.29, 0.717) is 33.6 Å². The number of rotatable bonds is 5. The summed E-state index contributed by atoms with van der Waals surface area (Å²) in [6, 6.07) is 11.9. The average Bonchev–Trinajstić information content (AvgIpc) is 2.71. The van der Waals surface area contributed by atoms with Crippen molar-refractivity contribution >= 4 is 29.1 Å². The number of methoxy groups -OCH3 is 3. The third-order valence-electron chi connectivity index (χ3n) is 4.05. The summed E-state index contributed by atoms with van der Waals surface area (Å²) < 4.78 is 20.6. The van der Waals surface area contributed by atoms with E-state index >= 15 is 0 Å². The van der Waals surface area contributed by atoms with Crippen LogP contribution in [-0.4, -0.2) is 27.3 Å². The zero-order valence-electron chi connectivity index (χ0n) is 15.1. The molecule has 0 N–H and O–H groups in total. The van der Waals surface area contributed by atoms with Gasteiger partial charge in [-0.1, -0.05) is 18.2 Å². The summed E-state index contributed by atoms with van der Waals surface area (Å²) in [6.07, 6.45) is 3.43. The molecule has 1 aromatic heterocycles. The lowest BCUT2D eigenvalue weighted by molar-refractivity contribution is 0.0600. The maximum atomic E-state index is 12.2. The lowest BCUT2D eigenvalue weighted by atomic mass is 10.1. The minimum atomic E-state index is -0.461. The molecule has 0 aliphatic rings. The standard InChI is InChI=1S/C21H18O6/c1-24-18-11-16-10-15(21(23)27-17(16)12-19(18)25-2)9-6-13-4-7-14(8-5-13)20(22)26-3/h4-12H,1-3H3/b9-6+. The van der Waals surface area contributed by atoms with Gasteiger partial charge in [0, 0.05) is 11.5 Å². The molecule has 0 fully saturated rings. The number of ether oxygens (including phenoxy) is 3. The Hall–Kier alpha value is -3.54. The van der Waals surface area contributed by atoms with Crippen molar-refractivity contribution in [2.45, 2.75) is 0 Å². The number of carbonyl (C=O) groups excluding carboxylic acids is 1. The maximum absolute atomic E-state index is 12.2. The first kappa shape index (κ1) is 18.3. The van der Waals surface area contributed by atoms with Gasteiger partial charge in [-0.3, -0.25) is 0 Å². The molecule has 2 aromatic carbocycles. The highest BCUT2D eigenvalue weighted by molar-refractivity contribution is 5.89. The van der Waals surface area contributed by atoms with Crippen molar-refractivity contribution in [3.05, 3.63) is 69.6 Å². The fourth-order valence-electron chi connectivity index (χ4n) is 2.61. The van der Waals surface area contributed by atoms with Crippen LogP contribution in [0.15, 0.2) is 51.7 Å². The normalized spacial score (nSPS) is 10.9. The summed E-state index contributed by atoms with van der Waals surface area (Å²) in [5.41, 5.74) is 1.64. The second kappa shape index (κ2) is 7.78. The van der Waals surface area contributed by atoms with Gasteiger partial charge in [0.05, 0.1) is 32.5 Å². The molecule has 3 aromatic rings. The van der Waals surface area contributed by atoms with Gasteiger partial charge in [0.25, 0.3) is 0 Å². The van der Waals surface area contributed by atoms with E-state index in [1.165, 1.54) is 14.2 Å². The van der Waals surface area contributed by atoms with E-state index < -0.39 is 11.6 Å². The third kappa shape index (κ3) is 3.84. The van der Waals surface area contributed by atoms with E-state index in [4.69, 9.17) is 13.9 Å². The van der Waals surface area contributed by atoms with Crippen LogP contribution in [0.1, 0.15) is 21.5 Å². The summed E-state index contributed by atoms with van der Waals surface area (Å²) >= 11 is 0. The molecule has 0 amide bonds. The van der Waals surface area contributed by atoms with Crippen molar-refractivity contribution in [1.29, 1.82) is 0 Å². The van der Waals surface area contributed by atoms with Crippen LogP contribution in [0.2, 0.25) is 0 Å². The average molecular weight is 366 g/mol. The highest BCUT2D eigenvalue weighted by atomic mass is 16.5. The molecule has 0 bridgehead atoms. The highest BCUT2D eigenvalue weighted by Gasteiger charge is 2.10. The monoisotopic (exact) mass is 366 g/mol. The Kier molecular flexibility index (Phi) is 5.26. The van der Waals surface area contributed by atoms with Gasteiger partial charge in [0.15, 0.2) is 11.5 Å². The van der Waals surface area contributed by atoms with Gasteiger partial charge in [-0.2, -0.15) is 0 Å². The van der Waals surface area contributed by atoms with Crippen molar-refractivity contribution in [3.63, 3.8) is 0 Å². The van der Waals surface area contributed by atoms with Gasteiger partial charge in [-0.25, -0.2) is 9.59 Å². The van der Waals surface area contributed by atoms with E-state index in [-0.39, 0.29) is 0 Å². The molecule has 0 atom stereocenters. The van der Waals surface area contributed by atoms with Crippen LogP contribution < -0.4 is 15.1 Å². The van der Waals surface area contributed by atoms with Crippen molar-refractivity contribution in [3.8, 4) is 11.5 Å². The number of esters is 1. The van der Waals surface area contributed by atoms with Gasteiger partial charge >= 0.3 is 11.6 Å². The van der Waals surface area contributed by atoms with Crippen LogP contribution in [0.25, 0.3) is 23.1 Å². The molecule has 0 aliphatic heterocycles. The molecule has 0 saturated heterocycles. The summed E-state index contributed by atoms with van der Waals surface area (Å²) in [6.45, 7) is 0. The number of benzene rings is 2. The Morgan fingerprint density at radius 3 is 2.22 bits per heavy atom. The first-order valence-electron chi connectivity index (χ1n) is 8.12. The predicted molar refractivity (Wildman–Crippen MR) is 102 cm³/mol. The topological polar surface area (TPSA) is 75.0 Å². The zero-order chi connectivity index (χ0) is 19.4. The lowest BCUT2D eigenvalue weighted by Gasteiger charge is -2.08. The van der Waals surface area contributed by atoms with Gasteiger partial charge < -0.3 is 18.6 Å². The highest BCUT2D eigenvalue weighted by Crippen LogP contribution is 2.31. The van der Waals surface area contributed by atoms with Crippen LogP contribution in [0.4, 0.5) is 0 Å². The lowest BCUT2D eigenvalue weighted by Crippen LogP contribution is -2.03. The van der Waals surface area contributed by atoms with Crippen LogP contribution in [0, 0.1) is 0 Å². The quantitative estimate of drug-likeness (QED) is 0.505. The number of hydrogen-bond donors (Lipinski definition) is 0. The van der Waals surface area contributed by atoms with E-state index in [1.807, 2.05) is 0 Å². The first-order valence-corrected chi connectivity index (χ1v) is 8.12. The molecular weight excluding hydrogens is 348 g/mol. The Morgan fingerprint density at radius 1 is 0.926 bits per heavy atom. The first-order chi connectivity index (χ1) is 13.0. The molecule has 0 radical (unpaired) electrons. The molecule has 138 valence electrons. The Labute approximate surface area is 155 Å². The van der Waals surface area contributed by atoms with Gasteiger partial charge in [0.1, 0.15) is 5.58 Å². The minimum absolute atomic E-state index is 0.395. The van der Waals surface area contributed by atoms with E-state index in [0.717, 1.165) is 5.56 Å². The summed E-state index contributed by atoms with van der Waals surface area (Å²) in [5, 5.41) is 0.716. The van der Waals surface area contributed by atoms with Crippen LogP contribution in [-0.2, 0) is 4.74 Å². The maximum Gasteiger partial charge on any atom is 0.343 e. The van der Waals surface area contributed by atoms with Crippen molar-refractivity contribution in [2.24, 2.45) is 0 Å². The minimum Gasteiger partial charge on any atom is -0.493 e. The van der Waals surface area contributed by atoms with Crippen LogP contribution in [0.3, 0.4) is 0 Å². The zero-order valence-corrected chi connectivity index (χ0v) is 15.1. The predicted octanol–water partition coefficient (Wildman–Crippen LogP) is 3.77. The summed E-state index contributed by atoms with van der Waals surface area (Å²) in [4.78, 5) is 23.7. The van der Waals surface area contributed by atoms with E-state index in [1.54, 1.807) is 61.7 Å². The third-order valence-corrected chi connectivity index (χ3v) is 4.05. The SMILES string of the molecule is COC(=O)c1ccc(/C=C/c2cc3cc(OC)c(OC)cc3oc2=O)cc1. The molecule has 1 heterocycles.